The quantitative estimate of drug-likeness (QED) is 0.620. The Balaban J connectivity index is -0.0000000865. The molecule has 0 rings (SSSR count). The van der Waals surface area contributed by atoms with Gasteiger partial charge in [0.2, 0.25) is 0 Å². The first kappa shape index (κ1) is 26.0. The lowest BCUT2D eigenvalue weighted by Crippen LogP contribution is -2.03. The Hall–Kier alpha value is -1.63. The summed E-state index contributed by atoms with van der Waals surface area (Å²) in [6.45, 7) is 9.85. The fourth-order valence-corrected chi connectivity index (χ4v) is 0. The zero-order valence-electron chi connectivity index (χ0n) is 12.5. The summed E-state index contributed by atoms with van der Waals surface area (Å²) in [7, 11) is 0. The van der Waals surface area contributed by atoms with Gasteiger partial charge in [0.05, 0.1) is 17.8 Å². The third-order valence-corrected chi connectivity index (χ3v) is 1.48. The Morgan fingerprint density at radius 3 is 0.632 bits per heavy atom. The molecule has 0 radical (unpaired) electrons. The van der Waals surface area contributed by atoms with Crippen molar-refractivity contribution in [2.45, 2.75) is 41.5 Å². The highest BCUT2D eigenvalue weighted by Crippen LogP contribution is 1.88. The Morgan fingerprint density at radius 1 is 0.579 bits per heavy atom. The van der Waals surface area contributed by atoms with E-state index < -0.39 is 17.9 Å². The largest absolute Gasteiger partial charge is 0.481 e. The summed E-state index contributed by atoms with van der Waals surface area (Å²) in [6.07, 6.45) is 0. The van der Waals surface area contributed by atoms with E-state index in [1.807, 2.05) is 0 Å². The first-order valence-electron chi connectivity index (χ1n) is 5.61. The zero-order chi connectivity index (χ0) is 15.5. The molecule has 19 heavy (non-hydrogen) atoms. The molecule has 0 unspecified atom stereocenters. The maximum Gasteiger partial charge on any atom is 0.305 e. The van der Waals surface area contributed by atoms with E-state index in [4.69, 9.17) is 15.3 Å². The van der Waals surface area contributed by atoms with Crippen LogP contribution in [0.1, 0.15) is 41.5 Å². The number of carboxylic acid groups (broad SMARTS) is 3. The molecule has 0 aliphatic heterocycles. The number of hydrogen-bond donors (Lipinski definition) is 4. The Morgan fingerprint density at radius 2 is 0.632 bits per heavy atom. The Bertz CT molecular complexity index is 218. The fourth-order valence-electron chi connectivity index (χ4n) is 0. The van der Waals surface area contributed by atoms with Crippen molar-refractivity contribution in [2.75, 3.05) is 0 Å². The summed E-state index contributed by atoms with van der Waals surface area (Å²) in [4.78, 5) is 29.1. The smallest absolute Gasteiger partial charge is 0.305 e. The van der Waals surface area contributed by atoms with Gasteiger partial charge in [-0.3, -0.25) is 14.4 Å². The molecular weight excluding hydrogens is 254 g/mol. The van der Waals surface area contributed by atoms with Crippen LogP contribution in [-0.4, -0.2) is 33.2 Å². The van der Waals surface area contributed by atoms with Crippen molar-refractivity contribution < 1.29 is 29.7 Å². The van der Waals surface area contributed by atoms with E-state index in [1.54, 1.807) is 41.5 Å². The molecule has 0 aromatic carbocycles. The second-order valence-electron chi connectivity index (χ2n) is 4.48. The summed E-state index contributed by atoms with van der Waals surface area (Å²) in [5.74, 6) is -2.92. The standard InChI is InChI=1S/3C4H8O2.H3N/c3*1-3(2)4(5)6;/h3*3H,1-2H3,(H,5,6);1H3. The lowest BCUT2D eigenvalue weighted by Gasteiger charge is -1.89. The van der Waals surface area contributed by atoms with E-state index in [1.165, 1.54) is 0 Å². The van der Waals surface area contributed by atoms with Crippen LogP contribution in [0, 0.1) is 17.8 Å². The number of carboxylic acids is 3. The lowest BCUT2D eigenvalue weighted by atomic mass is 10.2. The predicted molar refractivity (Wildman–Crippen MR) is 72.4 cm³/mol. The highest BCUT2D eigenvalue weighted by molar-refractivity contribution is 5.69. The van der Waals surface area contributed by atoms with Gasteiger partial charge in [0.25, 0.3) is 0 Å². The van der Waals surface area contributed by atoms with Gasteiger partial charge in [-0.2, -0.15) is 0 Å². The van der Waals surface area contributed by atoms with Crippen molar-refractivity contribution in [1.82, 2.24) is 6.15 Å². The van der Waals surface area contributed by atoms with Gasteiger partial charge < -0.3 is 21.5 Å². The molecular formula is C12H27NO6. The van der Waals surface area contributed by atoms with Gasteiger partial charge in [0.1, 0.15) is 0 Å². The van der Waals surface area contributed by atoms with Crippen LogP contribution in [0.15, 0.2) is 0 Å². The van der Waals surface area contributed by atoms with Crippen LogP contribution in [0.4, 0.5) is 0 Å². The Kier molecular flexibility index (Phi) is 19.8. The van der Waals surface area contributed by atoms with Crippen LogP contribution in [0.2, 0.25) is 0 Å². The van der Waals surface area contributed by atoms with Gasteiger partial charge in [0, 0.05) is 0 Å². The molecule has 0 aliphatic rings. The monoisotopic (exact) mass is 281 g/mol. The van der Waals surface area contributed by atoms with Gasteiger partial charge in [-0.05, 0) is 0 Å². The van der Waals surface area contributed by atoms with Gasteiger partial charge in [-0.1, -0.05) is 41.5 Å². The summed E-state index contributed by atoms with van der Waals surface area (Å²) < 4.78 is 0. The van der Waals surface area contributed by atoms with Crippen molar-refractivity contribution in [3.05, 3.63) is 0 Å². The molecule has 0 aliphatic carbocycles. The van der Waals surface area contributed by atoms with E-state index in [2.05, 4.69) is 0 Å². The van der Waals surface area contributed by atoms with E-state index in [9.17, 15) is 14.4 Å². The lowest BCUT2D eigenvalue weighted by molar-refractivity contribution is -0.141. The molecule has 0 atom stereocenters. The minimum atomic E-state index is -0.741. The first-order valence-corrected chi connectivity index (χ1v) is 5.61. The average Bonchev–Trinajstić information content (AvgIpc) is 2.18. The van der Waals surface area contributed by atoms with Crippen molar-refractivity contribution in [1.29, 1.82) is 0 Å². The number of carbonyl (C=O) groups is 3. The van der Waals surface area contributed by atoms with Crippen LogP contribution >= 0.6 is 0 Å². The zero-order valence-corrected chi connectivity index (χ0v) is 12.5. The molecule has 0 amide bonds. The highest BCUT2D eigenvalue weighted by Gasteiger charge is 2.00. The molecule has 0 spiro atoms. The van der Waals surface area contributed by atoms with Crippen LogP contribution in [0.5, 0.6) is 0 Å². The molecule has 0 aromatic rings. The molecule has 7 heteroatoms. The second kappa shape index (κ2) is 14.4. The normalized spacial score (nSPS) is 8.68. The molecule has 0 heterocycles. The maximum absolute atomic E-state index is 9.70. The SMILES string of the molecule is CC(C)C(=O)O.CC(C)C(=O)O.CC(C)C(=O)O.N. The molecule has 7 nitrogen and oxygen atoms in total. The molecule has 116 valence electrons. The van der Waals surface area contributed by atoms with Gasteiger partial charge >= 0.3 is 17.9 Å². The third kappa shape index (κ3) is 31.4. The van der Waals surface area contributed by atoms with Crippen LogP contribution < -0.4 is 6.15 Å². The molecule has 0 fully saturated rings. The first-order chi connectivity index (χ1) is 7.93. The molecule has 0 saturated carbocycles. The summed E-state index contributed by atoms with van der Waals surface area (Å²) >= 11 is 0. The molecule has 0 aromatic heterocycles. The minimum absolute atomic E-state index is 0. The van der Waals surface area contributed by atoms with Crippen molar-refractivity contribution in [2.24, 2.45) is 17.8 Å². The van der Waals surface area contributed by atoms with Crippen LogP contribution in [0.25, 0.3) is 0 Å². The fraction of sp³-hybridized carbons (Fsp3) is 0.750. The van der Waals surface area contributed by atoms with Crippen LogP contribution in [-0.2, 0) is 14.4 Å². The van der Waals surface area contributed by atoms with Crippen LogP contribution in [0.3, 0.4) is 0 Å². The van der Waals surface area contributed by atoms with Crippen molar-refractivity contribution in [3.8, 4) is 0 Å². The number of rotatable bonds is 3. The summed E-state index contributed by atoms with van der Waals surface area (Å²) in [6, 6.07) is 0. The van der Waals surface area contributed by atoms with Crippen molar-refractivity contribution >= 4 is 17.9 Å². The predicted octanol–water partition coefficient (Wildman–Crippen LogP) is 2.34. The number of hydrogen-bond acceptors (Lipinski definition) is 4. The maximum atomic E-state index is 9.70. The Labute approximate surface area is 114 Å². The van der Waals surface area contributed by atoms with Gasteiger partial charge in [0.15, 0.2) is 0 Å². The minimum Gasteiger partial charge on any atom is -0.481 e. The summed E-state index contributed by atoms with van der Waals surface area (Å²) in [5, 5.41) is 24.0. The summed E-state index contributed by atoms with van der Waals surface area (Å²) in [5.41, 5.74) is 0. The topological polar surface area (TPSA) is 147 Å². The average molecular weight is 281 g/mol. The molecule has 6 N–H and O–H groups in total. The van der Waals surface area contributed by atoms with E-state index >= 15 is 0 Å². The van der Waals surface area contributed by atoms with E-state index in [-0.39, 0.29) is 23.9 Å². The second-order valence-corrected chi connectivity index (χ2v) is 4.48. The van der Waals surface area contributed by atoms with Gasteiger partial charge in [-0.15, -0.1) is 0 Å². The van der Waals surface area contributed by atoms with Crippen molar-refractivity contribution in [3.63, 3.8) is 0 Å². The molecule has 0 bridgehead atoms. The third-order valence-electron chi connectivity index (χ3n) is 1.48. The highest BCUT2D eigenvalue weighted by atomic mass is 16.4. The van der Waals surface area contributed by atoms with E-state index in [0.29, 0.717) is 0 Å². The number of aliphatic carboxylic acids is 3. The molecule has 0 saturated heterocycles. The van der Waals surface area contributed by atoms with Gasteiger partial charge in [-0.25, -0.2) is 0 Å². The van der Waals surface area contributed by atoms with E-state index in [0.717, 1.165) is 0 Å².